The van der Waals surface area contributed by atoms with Crippen molar-refractivity contribution in [3.05, 3.63) is 40.7 Å². The maximum atomic E-state index is 12.8. The Hall–Kier alpha value is -1.99. The lowest BCUT2D eigenvalue weighted by Crippen LogP contribution is -2.36. The molecule has 21 heavy (non-hydrogen) atoms. The first-order valence-electron chi connectivity index (χ1n) is 6.62. The number of nitrogens with zero attached hydrogens (tertiary/aromatic N) is 2. The molecule has 1 aromatic heterocycles. The number of carbonyl (C=O) groups is 1. The molecule has 3 rings (SSSR count). The molecule has 0 unspecified atom stereocenters. The molecule has 0 radical (unpaired) electrons. The van der Waals surface area contributed by atoms with Crippen LogP contribution in [0.2, 0.25) is 0 Å². The Morgan fingerprint density at radius 2 is 2.19 bits per heavy atom. The van der Waals surface area contributed by atoms with Gasteiger partial charge in [-0.3, -0.25) is 9.69 Å². The van der Waals surface area contributed by atoms with Crippen LogP contribution < -0.4 is 11.1 Å². The van der Waals surface area contributed by atoms with E-state index in [9.17, 15) is 9.18 Å². The minimum absolute atomic E-state index is 0.109. The number of nitrogen functional groups attached to an aromatic ring is 1. The van der Waals surface area contributed by atoms with Gasteiger partial charge in [0.15, 0.2) is 5.13 Å². The SMILES string of the molecule is Nc1nc2c(s1)CN(CC(=O)Nc1ccc(F)cc1)CC2. The van der Waals surface area contributed by atoms with Crippen LogP contribution in [0.5, 0.6) is 0 Å². The lowest BCUT2D eigenvalue weighted by atomic mass is 10.2. The zero-order valence-electron chi connectivity index (χ0n) is 11.3. The van der Waals surface area contributed by atoms with Crippen molar-refractivity contribution >= 4 is 28.1 Å². The van der Waals surface area contributed by atoms with E-state index in [2.05, 4.69) is 15.2 Å². The van der Waals surface area contributed by atoms with Crippen LogP contribution in [0.4, 0.5) is 15.2 Å². The molecule has 1 aliphatic rings. The average Bonchev–Trinajstić information content (AvgIpc) is 2.80. The molecule has 0 saturated heterocycles. The topological polar surface area (TPSA) is 71.2 Å². The molecule has 2 heterocycles. The molecule has 1 amide bonds. The number of carbonyl (C=O) groups excluding carboxylic acids is 1. The second-order valence-electron chi connectivity index (χ2n) is 4.94. The van der Waals surface area contributed by atoms with Crippen molar-refractivity contribution in [3.63, 3.8) is 0 Å². The van der Waals surface area contributed by atoms with Crippen molar-refractivity contribution in [2.75, 3.05) is 24.1 Å². The number of amides is 1. The highest BCUT2D eigenvalue weighted by atomic mass is 32.1. The molecule has 7 heteroatoms. The van der Waals surface area contributed by atoms with Crippen molar-refractivity contribution in [1.82, 2.24) is 9.88 Å². The first kappa shape index (κ1) is 14.0. The van der Waals surface area contributed by atoms with E-state index in [1.54, 1.807) is 12.1 Å². The summed E-state index contributed by atoms with van der Waals surface area (Å²) in [7, 11) is 0. The molecule has 5 nitrogen and oxygen atoms in total. The number of rotatable bonds is 3. The number of benzene rings is 1. The number of halogens is 1. The summed E-state index contributed by atoms with van der Waals surface area (Å²) in [5, 5.41) is 3.34. The highest BCUT2D eigenvalue weighted by Crippen LogP contribution is 2.26. The van der Waals surface area contributed by atoms with Crippen molar-refractivity contribution in [3.8, 4) is 0 Å². The summed E-state index contributed by atoms with van der Waals surface area (Å²) in [6.45, 7) is 1.78. The molecule has 0 aliphatic carbocycles. The van der Waals surface area contributed by atoms with E-state index in [-0.39, 0.29) is 11.7 Å². The molecule has 1 aromatic carbocycles. The molecule has 1 aliphatic heterocycles. The lowest BCUT2D eigenvalue weighted by Gasteiger charge is -2.25. The molecular formula is C14H15FN4OS. The molecule has 3 N–H and O–H groups in total. The summed E-state index contributed by atoms with van der Waals surface area (Å²) in [4.78, 5) is 19.5. The Balaban J connectivity index is 1.57. The second kappa shape index (κ2) is 5.79. The normalized spacial score (nSPS) is 14.7. The van der Waals surface area contributed by atoms with Gasteiger partial charge in [0, 0.05) is 30.1 Å². The van der Waals surface area contributed by atoms with Gasteiger partial charge in [-0.15, -0.1) is 11.3 Å². The number of hydrogen-bond donors (Lipinski definition) is 2. The largest absolute Gasteiger partial charge is 0.375 e. The molecule has 0 spiro atoms. The van der Waals surface area contributed by atoms with Gasteiger partial charge in [-0.25, -0.2) is 9.37 Å². The van der Waals surface area contributed by atoms with Gasteiger partial charge in [0.1, 0.15) is 5.82 Å². The van der Waals surface area contributed by atoms with Crippen LogP contribution in [-0.4, -0.2) is 28.9 Å². The number of nitrogens with two attached hydrogens (primary N) is 1. The van der Waals surface area contributed by atoms with Gasteiger partial charge in [-0.1, -0.05) is 0 Å². The molecule has 0 saturated carbocycles. The Labute approximate surface area is 125 Å². The summed E-state index contributed by atoms with van der Waals surface area (Å²) in [6.07, 6.45) is 0.812. The van der Waals surface area contributed by atoms with Crippen molar-refractivity contribution in [2.24, 2.45) is 0 Å². The van der Waals surface area contributed by atoms with E-state index in [1.807, 2.05) is 0 Å². The minimum Gasteiger partial charge on any atom is -0.375 e. The Morgan fingerprint density at radius 3 is 2.95 bits per heavy atom. The van der Waals surface area contributed by atoms with Crippen LogP contribution in [0.15, 0.2) is 24.3 Å². The van der Waals surface area contributed by atoms with Crippen molar-refractivity contribution < 1.29 is 9.18 Å². The number of anilines is 2. The van der Waals surface area contributed by atoms with E-state index in [1.165, 1.54) is 23.5 Å². The fourth-order valence-electron chi connectivity index (χ4n) is 2.34. The fourth-order valence-corrected chi connectivity index (χ4v) is 3.26. The quantitative estimate of drug-likeness (QED) is 0.908. The van der Waals surface area contributed by atoms with Crippen LogP contribution in [0, 0.1) is 5.82 Å². The van der Waals surface area contributed by atoms with Gasteiger partial charge >= 0.3 is 0 Å². The van der Waals surface area contributed by atoms with Crippen LogP contribution in [-0.2, 0) is 17.8 Å². The van der Waals surface area contributed by atoms with Crippen LogP contribution in [0.25, 0.3) is 0 Å². The fraction of sp³-hybridized carbons (Fsp3) is 0.286. The first-order valence-corrected chi connectivity index (χ1v) is 7.43. The maximum Gasteiger partial charge on any atom is 0.238 e. The van der Waals surface area contributed by atoms with Gasteiger partial charge in [-0.05, 0) is 24.3 Å². The van der Waals surface area contributed by atoms with Gasteiger partial charge in [0.2, 0.25) is 5.91 Å². The number of hydrogen-bond acceptors (Lipinski definition) is 5. The van der Waals surface area contributed by atoms with E-state index >= 15 is 0 Å². The number of nitrogens with one attached hydrogen (secondary N) is 1. The summed E-state index contributed by atoms with van der Waals surface area (Å²) in [5.41, 5.74) is 7.35. The number of aromatic nitrogens is 1. The van der Waals surface area contributed by atoms with E-state index in [0.29, 0.717) is 23.9 Å². The average molecular weight is 306 g/mol. The smallest absolute Gasteiger partial charge is 0.238 e. The number of thiazole rings is 1. The first-order chi connectivity index (χ1) is 10.1. The summed E-state index contributed by atoms with van der Waals surface area (Å²) >= 11 is 1.48. The predicted molar refractivity (Wildman–Crippen MR) is 80.5 cm³/mol. The highest BCUT2D eigenvalue weighted by molar-refractivity contribution is 7.15. The molecule has 110 valence electrons. The maximum absolute atomic E-state index is 12.8. The molecular weight excluding hydrogens is 291 g/mol. The summed E-state index contributed by atoms with van der Waals surface area (Å²) < 4.78 is 12.8. The standard InChI is InChI=1S/C14H15FN4OS/c15-9-1-3-10(4-2-9)17-13(20)8-19-6-5-11-12(7-19)21-14(16)18-11/h1-4H,5-8H2,(H2,16,18)(H,17,20). The minimum atomic E-state index is -0.320. The molecule has 2 aromatic rings. The summed E-state index contributed by atoms with van der Waals surface area (Å²) in [5.74, 6) is -0.429. The van der Waals surface area contributed by atoms with Crippen LogP contribution >= 0.6 is 11.3 Å². The van der Waals surface area contributed by atoms with Gasteiger partial charge in [0.25, 0.3) is 0 Å². The third-order valence-corrected chi connectivity index (χ3v) is 4.23. The Morgan fingerprint density at radius 1 is 1.43 bits per heavy atom. The monoisotopic (exact) mass is 306 g/mol. The van der Waals surface area contributed by atoms with Gasteiger partial charge < -0.3 is 11.1 Å². The van der Waals surface area contributed by atoms with E-state index in [4.69, 9.17) is 5.73 Å². The highest BCUT2D eigenvalue weighted by Gasteiger charge is 2.21. The van der Waals surface area contributed by atoms with Crippen LogP contribution in [0.1, 0.15) is 10.6 Å². The van der Waals surface area contributed by atoms with Crippen molar-refractivity contribution in [2.45, 2.75) is 13.0 Å². The molecule has 0 atom stereocenters. The number of fused-ring (bicyclic) bond motifs is 1. The Kier molecular flexibility index (Phi) is 3.85. The second-order valence-corrected chi connectivity index (χ2v) is 6.05. The van der Waals surface area contributed by atoms with E-state index in [0.717, 1.165) is 23.5 Å². The van der Waals surface area contributed by atoms with Crippen LogP contribution in [0.3, 0.4) is 0 Å². The Bertz CT molecular complexity index is 655. The van der Waals surface area contributed by atoms with Crippen molar-refractivity contribution in [1.29, 1.82) is 0 Å². The van der Waals surface area contributed by atoms with E-state index < -0.39 is 0 Å². The zero-order chi connectivity index (χ0) is 14.8. The molecule has 0 bridgehead atoms. The zero-order valence-corrected chi connectivity index (χ0v) is 12.1. The lowest BCUT2D eigenvalue weighted by molar-refractivity contribution is -0.117. The van der Waals surface area contributed by atoms with Gasteiger partial charge in [0.05, 0.1) is 12.2 Å². The van der Waals surface area contributed by atoms with Gasteiger partial charge in [-0.2, -0.15) is 0 Å². The predicted octanol–water partition coefficient (Wildman–Crippen LogP) is 1.86. The third kappa shape index (κ3) is 3.37. The third-order valence-electron chi connectivity index (χ3n) is 3.32. The molecule has 0 fully saturated rings. The summed E-state index contributed by atoms with van der Waals surface area (Å²) in [6, 6.07) is 5.74.